The number of nitrogens with zero attached hydrogens (tertiary/aromatic N) is 2. The highest BCUT2D eigenvalue weighted by Gasteiger charge is 2.20. The molecule has 3 aromatic rings. The van der Waals surface area contributed by atoms with E-state index in [9.17, 15) is 8.42 Å². The fraction of sp³-hybridized carbons (Fsp3) is 0.0667. The average Bonchev–Trinajstić information content (AvgIpc) is 2.99. The quantitative estimate of drug-likeness (QED) is 0.781. The lowest BCUT2D eigenvalue weighted by atomic mass is 10.2. The van der Waals surface area contributed by atoms with Crippen molar-refractivity contribution in [3.63, 3.8) is 0 Å². The number of nitrogens with one attached hydrogen (secondary N) is 1. The fourth-order valence-electron chi connectivity index (χ4n) is 2.06. The van der Waals surface area contributed by atoms with Gasteiger partial charge in [0.2, 0.25) is 15.7 Å². The van der Waals surface area contributed by atoms with E-state index >= 15 is 0 Å². The molecule has 0 spiro atoms. The SMILES string of the molecule is C=CS(=O)(=O)c1c[nH]c2ncnc(OCc3ccccc3)c12. The Morgan fingerprint density at radius 2 is 2.00 bits per heavy atom. The van der Waals surface area contributed by atoms with Crippen molar-refractivity contribution in [1.29, 1.82) is 0 Å². The largest absolute Gasteiger partial charge is 0.472 e. The van der Waals surface area contributed by atoms with Crippen LogP contribution in [0.3, 0.4) is 0 Å². The Labute approximate surface area is 127 Å². The van der Waals surface area contributed by atoms with Gasteiger partial charge in [-0.1, -0.05) is 36.9 Å². The van der Waals surface area contributed by atoms with Gasteiger partial charge in [-0.3, -0.25) is 0 Å². The highest BCUT2D eigenvalue weighted by Crippen LogP contribution is 2.29. The molecule has 0 radical (unpaired) electrons. The standard InChI is InChI=1S/C15H13N3O3S/c1-2-22(19,20)12-8-16-14-13(12)15(18-10-17-14)21-9-11-6-4-3-5-7-11/h2-8,10H,1,9H2,(H,16,17,18). The van der Waals surface area contributed by atoms with Crippen molar-refractivity contribution < 1.29 is 13.2 Å². The number of rotatable bonds is 5. The first-order valence-corrected chi connectivity index (χ1v) is 8.03. The minimum absolute atomic E-state index is 0.0566. The normalized spacial score (nSPS) is 11.5. The van der Waals surface area contributed by atoms with Crippen LogP contribution in [0.15, 0.2) is 59.7 Å². The molecule has 7 heteroatoms. The molecule has 0 amide bonds. The molecule has 0 atom stereocenters. The van der Waals surface area contributed by atoms with E-state index in [1.807, 2.05) is 30.3 Å². The molecule has 2 aromatic heterocycles. The average molecular weight is 315 g/mol. The predicted octanol–water partition coefficient (Wildman–Crippen LogP) is 2.45. The van der Waals surface area contributed by atoms with E-state index in [0.29, 0.717) is 11.0 Å². The summed E-state index contributed by atoms with van der Waals surface area (Å²) in [5.74, 6) is 0.218. The third kappa shape index (κ3) is 2.58. The van der Waals surface area contributed by atoms with Crippen molar-refractivity contribution in [2.75, 3.05) is 0 Å². The summed E-state index contributed by atoms with van der Waals surface area (Å²) in [6.45, 7) is 3.62. The first-order chi connectivity index (χ1) is 10.6. The monoisotopic (exact) mass is 315 g/mol. The summed E-state index contributed by atoms with van der Waals surface area (Å²) in [7, 11) is -3.61. The minimum atomic E-state index is -3.61. The van der Waals surface area contributed by atoms with Crippen LogP contribution < -0.4 is 4.74 Å². The summed E-state index contributed by atoms with van der Waals surface area (Å²) in [5, 5.41) is 1.22. The highest BCUT2D eigenvalue weighted by atomic mass is 32.2. The molecule has 0 saturated heterocycles. The van der Waals surface area contributed by atoms with Crippen molar-refractivity contribution in [1.82, 2.24) is 15.0 Å². The third-order valence-corrected chi connectivity index (χ3v) is 4.52. The predicted molar refractivity (Wildman–Crippen MR) is 82.0 cm³/mol. The Balaban J connectivity index is 2.03. The summed E-state index contributed by atoms with van der Waals surface area (Å²) in [6, 6.07) is 9.54. The van der Waals surface area contributed by atoms with Crippen LogP contribution in [0.5, 0.6) is 5.88 Å². The van der Waals surface area contributed by atoms with E-state index in [1.54, 1.807) is 0 Å². The Morgan fingerprint density at radius 3 is 2.73 bits per heavy atom. The topological polar surface area (TPSA) is 84.9 Å². The Hall–Kier alpha value is -2.67. The molecule has 0 fully saturated rings. The van der Waals surface area contributed by atoms with Crippen molar-refractivity contribution in [2.45, 2.75) is 11.5 Å². The molecule has 0 aliphatic carbocycles. The van der Waals surface area contributed by atoms with Crippen molar-refractivity contribution >= 4 is 20.9 Å². The summed E-state index contributed by atoms with van der Waals surface area (Å²) >= 11 is 0. The van der Waals surface area contributed by atoms with Gasteiger partial charge >= 0.3 is 0 Å². The zero-order valence-electron chi connectivity index (χ0n) is 11.6. The van der Waals surface area contributed by atoms with Crippen LogP contribution >= 0.6 is 0 Å². The summed E-state index contributed by atoms with van der Waals surface area (Å²) in [6.07, 6.45) is 2.69. The smallest absolute Gasteiger partial charge is 0.227 e. The van der Waals surface area contributed by atoms with Gasteiger partial charge in [0.05, 0.1) is 5.39 Å². The molecule has 0 unspecified atom stereocenters. The minimum Gasteiger partial charge on any atom is -0.472 e. The van der Waals surface area contributed by atoms with Crippen LogP contribution in [0.2, 0.25) is 0 Å². The van der Waals surface area contributed by atoms with Gasteiger partial charge in [-0.2, -0.15) is 0 Å². The van der Waals surface area contributed by atoms with Gasteiger partial charge in [-0.05, 0) is 5.56 Å². The number of hydrogen-bond donors (Lipinski definition) is 1. The first kappa shape index (κ1) is 14.3. The maximum Gasteiger partial charge on any atom is 0.227 e. The molecule has 22 heavy (non-hydrogen) atoms. The summed E-state index contributed by atoms with van der Waals surface area (Å²) in [4.78, 5) is 10.9. The van der Waals surface area contributed by atoms with Crippen molar-refractivity contribution in [3.05, 3.63) is 60.4 Å². The Bertz CT molecular complexity index is 918. The van der Waals surface area contributed by atoms with Crippen LogP contribution in [0.25, 0.3) is 11.0 Å². The van der Waals surface area contributed by atoms with E-state index in [1.165, 1.54) is 12.5 Å². The van der Waals surface area contributed by atoms with E-state index in [0.717, 1.165) is 11.0 Å². The van der Waals surface area contributed by atoms with E-state index in [-0.39, 0.29) is 17.4 Å². The zero-order valence-corrected chi connectivity index (χ0v) is 12.4. The van der Waals surface area contributed by atoms with Crippen LogP contribution in [0, 0.1) is 0 Å². The molecular weight excluding hydrogens is 302 g/mol. The van der Waals surface area contributed by atoms with Crippen molar-refractivity contribution in [3.8, 4) is 5.88 Å². The molecule has 1 aromatic carbocycles. The van der Waals surface area contributed by atoms with Crippen LogP contribution in [-0.2, 0) is 16.4 Å². The molecule has 0 bridgehead atoms. The number of aromatic amines is 1. The summed E-state index contributed by atoms with van der Waals surface area (Å²) in [5.41, 5.74) is 1.36. The molecule has 112 valence electrons. The second-order valence-corrected chi connectivity index (χ2v) is 6.40. The fourth-order valence-corrected chi connectivity index (χ4v) is 2.93. The van der Waals surface area contributed by atoms with Gasteiger partial charge in [-0.15, -0.1) is 0 Å². The molecule has 2 heterocycles. The van der Waals surface area contributed by atoms with Crippen LogP contribution in [0.4, 0.5) is 0 Å². The number of fused-ring (bicyclic) bond motifs is 1. The zero-order chi connectivity index (χ0) is 15.6. The number of sulfone groups is 1. The number of hydrogen-bond acceptors (Lipinski definition) is 5. The van der Waals surface area contributed by atoms with Crippen molar-refractivity contribution in [2.24, 2.45) is 0 Å². The molecule has 0 aliphatic rings. The molecular formula is C15H13N3O3S. The van der Waals surface area contributed by atoms with Crippen LogP contribution in [-0.4, -0.2) is 23.4 Å². The lowest BCUT2D eigenvalue weighted by Crippen LogP contribution is -2.00. The van der Waals surface area contributed by atoms with E-state index < -0.39 is 9.84 Å². The second kappa shape index (κ2) is 5.61. The number of benzene rings is 1. The van der Waals surface area contributed by atoms with E-state index in [4.69, 9.17) is 4.74 Å². The molecule has 0 aliphatic heterocycles. The van der Waals surface area contributed by atoms with Gasteiger partial charge in [0.15, 0.2) is 0 Å². The lowest BCUT2D eigenvalue weighted by molar-refractivity contribution is 0.297. The number of H-pyrrole nitrogens is 1. The molecule has 3 rings (SSSR count). The maximum atomic E-state index is 12.1. The Morgan fingerprint density at radius 1 is 1.23 bits per heavy atom. The molecule has 6 nitrogen and oxygen atoms in total. The van der Waals surface area contributed by atoms with Crippen LogP contribution in [0.1, 0.15) is 5.56 Å². The lowest BCUT2D eigenvalue weighted by Gasteiger charge is -2.07. The third-order valence-electron chi connectivity index (χ3n) is 3.14. The van der Waals surface area contributed by atoms with Gasteiger partial charge < -0.3 is 9.72 Å². The van der Waals surface area contributed by atoms with Gasteiger partial charge in [0, 0.05) is 11.6 Å². The van der Waals surface area contributed by atoms with Gasteiger partial charge in [-0.25, -0.2) is 18.4 Å². The molecule has 1 N–H and O–H groups in total. The second-order valence-electron chi connectivity index (χ2n) is 4.54. The Kier molecular flexibility index (Phi) is 3.64. The number of ether oxygens (including phenoxy) is 1. The summed E-state index contributed by atoms with van der Waals surface area (Å²) < 4.78 is 29.8. The van der Waals surface area contributed by atoms with Gasteiger partial charge in [0.1, 0.15) is 23.5 Å². The number of aromatic nitrogens is 3. The maximum absolute atomic E-state index is 12.1. The highest BCUT2D eigenvalue weighted by molar-refractivity contribution is 7.94. The molecule has 0 saturated carbocycles. The van der Waals surface area contributed by atoms with E-state index in [2.05, 4.69) is 21.5 Å². The first-order valence-electron chi connectivity index (χ1n) is 6.48. The van der Waals surface area contributed by atoms with Gasteiger partial charge in [0.25, 0.3) is 0 Å².